The third kappa shape index (κ3) is 4.97. The number of methoxy groups -OCH3 is 2. The van der Waals surface area contributed by atoms with E-state index >= 15 is 13.2 Å². The summed E-state index contributed by atoms with van der Waals surface area (Å²) in [6.07, 6.45) is 5.06. The van der Waals surface area contributed by atoms with E-state index in [1.807, 2.05) is 19.1 Å². The maximum atomic E-state index is 15.8. The molecule has 0 radical (unpaired) electrons. The zero-order valence-electron chi connectivity index (χ0n) is 28.9. The highest BCUT2D eigenvalue weighted by molar-refractivity contribution is 7.93. The number of likely N-dealkylation sites (tertiary alicyclic amines) is 1. The SMILES string of the molecule is CCOc1ccc(OC)cc1C1(N2CC3CN(c4ccncc4)CC3C2)C(=O)N(S(=O)(=O)c2ccc(OC)c3cccnc23)c2ccc(C#N)cc21. The van der Waals surface area contributed by atoms with Gasteiger partial charge in [-0.05, 0) is 91.6 Å². The van der Waals surface area contributed by atoms with Gasteiger partial charge in [0.05, 0.1) is 43.7 Å². The number of aromatic nitrogens is 2. The Kier molecular flexibility index (Phi) is 8.23. The van der Waals surface area contributed by atoms with Crippen LogP contribution in [0.4, 0.5) is 11.4 Å². The molecule has 3 aliphatic heterocycles. The van der Waals surface area contributed by atoms with E-state index < -0.39 is 21.5 Å². The third-order valence-electron chi connectivity index (χ3n) is 10.5. The van der Waals surface area contributed by atoms with Gasteiger partial charge in [-0.1, -0.05) is 0 Å². The summed E-state index contributed by atoms with van der Waals surface area (Å²) in [7, 11) is -1.57. The molecular formula is C39H36N6O6S. The van der Waals surface area contributed by atoms with Gasteiger partial charge in [0.2, 0.25) is 0 Å². The van der Waals surface area contributed by atoms with Crippen LogP contribution in [0.1, 0.15) is 23.6 Å². The molecule has 2 fully saturated rings. The van der Waals surface area contributed by atoms with Gasteiger partial charge in [0.25, 0.3) is 15.9 Å². The Morgan fingerprint density at radius 2 is 1.63 bits per heavy atom. The van der Waals surface area contributed by atoms with E-state index in [2.05, 4.69) is 25.8 Å². The van der Waals surface area contributed by atoms with Crippen LogP contribution in [0, 0.1) is 23.2 Å². The lowest BCUT2D eigenvalue weighted by atomic mass is 9.80. The average molecular weight is 717 g/mol. The van der Waals surface area contributed by atoms with Crippen LogP contribution in [-0.2, 0) is 20.4 Å². The number of rotatable bonds is 9. The van der Waals surface area contributed by atoms with Gasteiger partial charge >= 0.3 is 0 Å². The predicted octanol–water partition coefficient (Wildman–Crippen LogP) is 4.96. The van der Waals surface area contributed by atoms with Crippen molar-refractivity contribution in [3.63, 3.8) is 0 Å². The summed E-state index contributed by atoms with van der Waals surface area (Å²) >= 11 is 0. The van der Waals surface area contributed by atoms with Crippen LogP contribution in [-0.4, -0.2) is 76.2 Å². The first-order valence-corrected chi connectivity index (χ1v) is 18.5. The lowest BCUT2D eigenvalue weighted by molar-refractivity contribution is -0.126. The highest BCUT2D eigenvalue weighted by atomic mass is 32.2. The first-order chi connectivity index (χ1) is 25.3. The number of nitriles is 1. The molecule has 3 aliphatic rings. The van der Waals surface area contributed by atoms with Gasteiger partial charge in [-0.25, -0.2) is 12.7 Å². The number of ether oxygens (including phenoxy) is 3. The summed E-state index contributed by atoms with van der Waals surface area (Å²) in [5.74, 6) is 0.974. The molecule has 13 heteroatoms. The molecule has 2 aromatic heterocycles. The fourth-order valence-corrected chi connectivity index (χ4v) is 9.87. The smallest absolute Gasteiger partial charge is 0.273 e. The molecule has 52 heavy (non-hydrogen) atoms. The number of carbonyl (C=O) groups is 1. The molecule has 1 amide bonds. The number of amides is 1. The zero-order valence-corrected chi connectivity index (χ0v) is 29.7. The number of nitrogens with zero attached hydrogens (tertiary/aromatic N) is 6. The van der Waals surface area contributed by atoms with Crippen LogP contribution in [0.25, 0.3) is 10.9 Å². The molecule has 264 valence electrons. The van der Waals surface area contributed by atoms with Gasteiger partial charge in [0, 0.05) is 67.0 Å². The molecule has 3 atom stereocenters. The highest BCUT2D eigenvalue weighted by Crippen LogP contribution is 2.55. The van der Waals surface area contributed by atoms with Gasteiger partial charge in [0.15, 0.2) is 5.54 Å². The number of carbonyl (C=O) groups excluding carboxylic acids is 1. The molecular weight excluding hydrogens is 681 g/mol. The van der Waals surface area contributed by atoms with Crippen molar-refractivity contribution < 1.29 is 27.4 Å². The summed E-state index contributed by atoms with van der Waals surface area (Å²) in [6.45, 7) is 4.62. The topological polar surface area (TPSA) is 138 Å². The fourth-order valence-electron chi connectivity index (χ4n) is 8.26. The van der Waals surface area contributed by atoms with Gasteiger partial charge < -0.3 is 19.1 Å². The minimum atomic E-state index is -4.62. The molecule has 0 spiro atoms. The van der Waals surface area contributed by atoms with Gasteiger partial charge in [-0.3, -0.25) is 19.7 Å². The van der Waals surface area contributed by atoms with Gasteiger partial charge in [-0.2, -0.15) is 5.26 Å². The first kappa shape index (κ1) is 33.4. The van der Waals surface area contributed by atoms with Crippen molar-refractivity contribution in [1.82, 2.24) is 14.9 Å². The number of anilines is 2. The Labute approximate surface area is 301 Å². The van der Waals surface area contributed by atoms with Crippen LogP contribution in [0.5, 0.6) is 17.2 Å². The number of hydrogen-bond acceptors (Lipinski definition) is 11. The van der Waals surface area contributed by atoms with Crippen LogP contribution < -0.4 is 23.4 Å². The molecule has 0 bridgehead atoms. The van der Waals surface area contributed by atoms with Crippen LogP contribution in [0.3, 0.4) is 0 Å². The Morgan fingerprint density at radius 3 is 2.33 bits per heavy atom. The quantitative estimate of drug-likeness (QED) is 0.205. The third-order valence-corrected chi connectivity index (χ3v) is 12.3. The summed E-state index contributed by atoms with van der Waals surface area (Å²) in [4.78, 5) is 28.7. The van der Waals surface area contributed by atoms with Crippen LogP contribution in [0.2, 0.25) is 0 Å². The average Bonchev–Trinajstić information content (AvgIpc) is 3.84. The maximum Gasteiger partial charge on any atom is 0.273 e. The van der Waals surface area contributed by atoms with E-state index in [1.54, 1.807) is 60.9 Å². The summed E-state index contributed by atoms with van der Waals surface area (Å²) in [6, 6.07) is 22.6. The van der Waals surface area contributed by atoms with E-state index in [4.69, 9.17) is 14.2 Å². The highest BCUT2D eigenvalue weighted by Gasteiger charge is 2.63. The number of sulfonamides is 1. The molecule has 12 nitrogen and oxygen atoms in total. The van der Waals surface area contributed by atoms with Crippen molar-refractivity contribution in [2.24, 2.45) is 11.8 Å². The largest absolute Gasteiger partial charge is 0.497 e. The first-order valence-electron chi connectivity index (χ1n) is 17.0. The predicted molar refractivity (Wildman–Crippen MR) is 194 cm³/mol. The van der Waals surface area contributed by atoms with Crippen LogP contribution >= 0.6 is 0 Å². The number of benzene rings is 3. The molecule has 5 aromatic rings. The van der Waals surface area contributed by atoms with E-state index in [1.165, 1.54) is 32.5 Å². The fraction of sp³-hybridized carbons (Fsp3) is 0.282. The van der Waals surface area contributed by atoms with E-state index in [-0.39, 0.29) is 33.5 Å². The van der Waals surface area contributed by atoms with Crippen molar-refractivity contribution in [3.8, 4) is 23.3 Å². The Hall–Kier alpha value is -5.71. The standard InChI is InChI=1S/C39H36N6O6S/c1-4-51-35-10-8-29(49-2)19-32(35)39(44-23-26-21-43(22-27(26)24-44)28-13-16-41-17-14-28)31-18-25(20-40)7-9-33(31)45(38(39)46)52(47,48)36-12-11-34(50-3)30-6-5-15-42-37(30)36/h5-19,26-27H,4,21-24H2,1-3H3. The Balaban J connectivity index is 1.35. The molecule has 0 saturated carbocycles. The molecule has 3 aromatic carbocycles. The van der Waals surface area contributed by atoms with Crippen molar-refractivity contribution in [1.29, 1.82) is 5.26 Å². The van der Waals surface area contributed by atoms with E-state index in [0.29, 0.717) is 53.5 Å². The monoisotopic (exact) mass is 716 g/mol. The van der Waals surface area contributed by atoms with Gasteiger partial charge in [-0.15, -0.1) is 0 Å². The Bertz CT molecular complexity index is 2350. The summed E-state index contributed by atoms with van der Waals surface area (Å²) < 4.78 is 48.5. The number of pyridine rings is 2. The molecule has 8 rings (SSSR count). The zero-order chi connectivity index (χ0) is 36.2. The summed E-state index contributed by atoms with van der Waals surface area (Å²) in [5.41, 5.74) is 0.819. The Morgan fingerprint density at radius 1 is 0.885 bits per heavy atom. The maximum absolute atomic E-state index is 15.8. The molecule has 0 N–H and O–H groups in total. The van der Waals surface area contributed by atoms with Crippen molar-refractivity contribution in [3.05, 3.63) is 108 Å². The lowest BCUT2D eigenvalue weighted by Crippen LogP contribution is -2.55. The van der Waals surface area contributed by atoms with Crippen molar-refractivity contribution in [2.45, 2.75) is 17.4 Å². The minimum Gasteiger partial charge on any atom is -0.497 e. The second-order valence-electron chi connectivity index (χ2n) is 13.1. The van der Waals surface area contributed by atoms with E-state index in [0.717, 1.165) is 23.1 Å². The van der Waals surface area contributed by atoms with Crippen molar-refractivity contribution in [2.75, 3.05) is 56.2 Å². The van der Waals surface area contributed by atoms with Gasteiger partial charge in [0.1, 0.15) is 22.1 Å². The second kappa shape index (κ2) is 12.8. The molecule has 2 saturated heterocycles. The number of fused-ring (bicyclic) bond motifs is 3. The van der Waals surface area contributed by atoms with Crippen LogP contribution in [0.15, 0.2) is 96.3 Å². The van der Waals surface area contributed by atoms with Crippen molar-refractivity contribution >= 4 is 38.2 Å². The lowest BCUT2D eigenvalue weighted by Gasteiger charge is -2.40. The molecule has 3 unspecified atom stereocenters. The number of hydrogen-bond donors (Lipinski definition) is 0. The molecule has 0 aliphatic carbocycles. The normalized spacial score (nSPS) is 21.2. The van der Waals surface area contributed by atoms with E-state index in [9.17, 15) is 5.26 Å². The minimum absolute atomic E-state index is 0.148. The second-order valence-corrected chi connectivity index (χ2v) is 14.9. The molecule has 5 heterocycles. The summed E-state index contributed by atoms with van der Waals surface area (Å²) in [5, 5.41) is 10.6.